The van der Waals surface area contributed by atoms with Gasteiger partial charge in [-0.3, -0.25) is 4.79 Å². The summed E-state index contributed by atoms with van der Waals surface area (Å²) in [5, 5.41) is 8.91. The maximum atomic E-state index is 10.8. The first-order chi connectivity index (χ1) is 8.13. The Morgan fingerprint density at radius 3 is 2.82 bits per heavy atom. The second-order valence-corrected chi connectivity index (χ2v) is 4.84. The van der Waals surface area contributed by atoms with Gasteiger partial charge in [0.1, 0.15) is 5.75 Å². The lowest BCUT2D eigenvalue weighted by molar-refractivity contribution is -0.139. The van der Waals surface area contributed by atoms with Crippen molar-refractivity contribution in [2.24, 2.45) is 17.8 Å². The Morgan fingerprint density at radius 1 is 1.53 bits per heavy atom. The Hall–Kier alpha value is -1.51. The van der Waals surface area contributed by atoms with Gasteiger partial charge in [-0.2, -0.15) is 0 Å². The third-order valence-electron chi connectivity index (χ3n) is 3.62. The van der Waals surface area contributed by atoms with Crippen LogP contribution in [0.2, 0.25) is 0 Å². The molecule has 0 aromatic heterocycles. The van der Waals surface area contributed by atoms with Crippen molar-refractivity contribution >= 4 is 5.97 Å². The summed E-state index contributed by atoms with van der Waals surface area (Å²) in [7, 11) is 1.67. The largest absolute Gasteiger partial charge is 0.496 e. The van der Waals surface area contributed by atoms with Crippen molar-refractivity contribution in [2.45, 2.75) is 19.8 Å². The zero-order valence-corrected chi connectivity index (χ0v) is 10.2. The standard InChI is InChI=1S/C14H18O3/c1-9(11-8-12(11)14(15)16)7-10-5-3-4-6-13(10)17-2/h3-6,9,11-12H,7-8H2,1-2H3,(H,15,16). The molecule has 1 aromatic rings. The van der Waals surface area contributed by atoms with E-state index in [0.29, 0.717) is 11.8 Å². The lowest BCUT2D eigenvalue weighted by atomic mass is 9.95. The fraction of sp³-hybridized carbons (Fsp3) is 0.500. The molecule has 1 aliphatic carbocycles. The molecule has 0 saturated heterocycles. The van der Waals surface area contributed by atoms with E-state index >= 15 is 0 Å². The lowest BCUT2D eigenvalue weighted by Crippen LogP contribution is -2.08. The molecule has 3 atom stereocenters. The van der Waals surface area contributed by atoms with Crippen molar-refractivity contribution in [1.29, 1.82) is 0 Å². The topological polar surface area (TPSA) is 46.5 Å². The maximum absolute atomic E-state index is 10.8. The molecule has 0 spiro atoms. The molecule has 3 nitrogen and oxygen atoms in total. The van der Waals surface area contributed by atoms with Crippen LogP contribution in [0.4, 0.5) is 0 Å². The lowest BCUT2D eigenvalue weighted by Gasteiger charge is -2.13. The van der Waals surface area contributed by atoms with Crippen LogP contribution in [-0.2, 0) is 11.2 Å². The van der Waals surface area contributed by atoms with E-state index in [-0.39, 0.29) is 5.92 Å². The number of aliphatic carboxylic acids is 1. The normalized spacial score (nSPS) is 24.1. The minimum Gasteiger partial charge on any atom is -0.496 e. The minimum absolute atomic E-state index is 0.125. The fourth-order valence-electron chi connectivity index (χ4n) is 2.50. The average molecular weight is 234 g/mol. The van der Waals surface area contributed by atoms with Crippen LogP contribution in [-0.4, -0.2) is 18.2 Å². The monoisotopic (exact) mass is 234 g/mol. The van der Waals surface area contributed by atoms with Crippen LogP contribution in [0, 0.1) is 17.8 Å². The third kappa shape index (κ3) is 2.60. The molecule has 1 aliphatic rings. The fourth-order valence-corrected chi connectivity index (χ4v) is 2.50. The predicted octanol–water partition coefficient (Wildman–Crippen LogP) is 2.59. The second-order valence-electron chi connectivity index (χ2n) is 4.84. The summed E-state index contributed by atoms with van der Waals surface area (Å²) < 4.78 is 5.30. The molecular formula is C14H18O3. The van der Waals surface area contributed by atoms with Gasteiger partial charge in [0.15, 0.2) is 0 Å². The molecule has 0 radical (unpaired) electrons. The first kappa shape index (κ1) is 12.0. The van der Waals surface area contributed by atoms with Gasteiger partial charge in [0.25, 0.3) is 0 Å². The summed E-state index contributed by atoms with van der Waals surface area (Å²) >= 11 is 0. The van der Waals surface area contributed by atoms with Gasteiger partial charge in [0.05, 0.1) is 13.0 Å². The average Bonchev–Trinajstić information content (AvgIpc) is 3.09. The summed E-state index contributed by atoms with van der Waals surface area (Å²) in [5.74, 6) is 0.846. The molecule has 2 rings (SSSR count). The first-order valence-corrected chi connectivity index (χ1v) is 5.98. The van der Waals surface area contributed by atoms with E-state index < -0.39 is 5.97 Å². The molecule has 1 fully saturated rings. The number of ether oxygens (including phenoxy) is 1. The molecule has 3 heteroatoms. The number of rotatable bonds is 5. The van der Waals surface area contributed by atoms with E-state index in [0.717, 1.165) is 18.6 Å². The first-order valence-electron chi connectivity index (χ1n) is 5.98. The number of hydrogen-bond donors (Lipinski definition) is 1. The molecule has 3 unspecified atom stereocenters. The van der Waals surface area contributed by atoms with Crippen molar-refractivity contribution in [3.8, 4) is 5.75 Å². The van der Waals surface area contributed by atoms with E-state index in [4.69, 9.17) is 9.84 Å². The second kappa shape index (κ2) is 4.78. The van der Waals surface area contributed by atoms with Gasteiger partial charge in [-0.25, -0.2) is 0 Å². The number of carbonyl (C=O) groups is 1. The Bertz CT molecular complexity index is 414. The summed E-state index contributed by atoms with van der Waals surface area (Å²) in [6, 6.07) is 7.94. The van der Waals surface area contributed by atoms with Gasteiger partial charge in [-0.15, -0.1) is 0 Å². The predicted molar refractivity (Wildman–Crippen MR) is 65.1 cm³/mol. The molecule has 1 aromatic carbocycles. The van der Waals surface area contributed by atoms with Crippen LogP contribution in [0.25, 0.3) is 0 Å². The zero-order valence-electron chi connectivity index (χ0n) is 10.2. The van der Waals surface area contributed by atoms with Crippen LogP contribution in [0.5, 0.6) is 5.75 Å². The van der Waals surface area contributed by atoms with Crippen LogP contribution < -0.4 is 4.74 Å². The molecule has 0 amide bonds. The minimum atomic E-state index is -0.651. The molecule has 92 valence electrons. The summed E-state index contributed by atoms with van der Waals surface area (Å²) in [4.78, 5) is 10.8. The van der Waals surface area contributed by atoms with Gasteiger partial charge < -0.3 is 9.84 Å². The van der Waals surface area contributed by atoms with E-state index in [1.165, 1.54) is 5.56 Å². The smallest absolute Gasteiger partial charge is 0.306 e. The highest BCUT2D eigenvalue weighted by Crippen LogP contribution is 2.45. The number of benzene rings is 1. The van der Waals surface area contributed by atoms with Crippen molar-refractivity contribution in [3.63, 3.8) is 0 Å². The molecule has 0 heterocycles. The Kier molecular flexibility index (Phi) is 3.36. The number of methoxy groups -OCH3 is 1. The van der Waals surface area contributed by atoms with Gasteiger partial charge in [-0.05, 0) is 36.3 Å². The number of carboxylic acids is 1. The number of hydrogen-bond acceptors (Lipinski definition) is 2. The summed E-state index contributed by atoms with van der Waals surface area (Å²) in [5.41, 5.74) is 1.17. The molecule has 1 saturated carbocycles. The molecule has 0 aliphatic heterocycles. The van der Waals surface area contributed by atoms with Crippen molar-refractivity contribution in [2.75, 3.05) is 7.11 Å². The van der Waals surface area contributed by atoms with Crippen LogP contribution in [0.3, 0.4) is 0 Å². The van der Waals surface area contributed by atoms with Gasteiger partial charge in [-0.1, -0.05) is 25.1 Å². The Labute approximate surface area is 101 Å². The van der Waals surface area contributed by atoms with E-state index in [1.807, 2.05) is 24.3 Å². The summed E-state index contributed by atoms with van der Waals surface area (Å²) in [6.45, 7) is 2.13. The Balaban J connectivity index is 1.99. The van der Waals surface area contributed by atoms with E-state index in [9.17, 15) is 4.79 Å². The van der Waals surface area contributed by atoms with E-state index in [1.54, 1.807) is 7.11 Å². The highest BCUT2D eigenvalue weighted by molar-refractivity contribution is 5.73. The van der Waals surface area contributed by atoms with Crippen molar-refractivity contribution in [1.82, 2.24) is 0 Å². The maximum Gasteiger partial charge on any atom is 0.306 e. The Morgan fingerprint density at radius 2 is 2.24 bits per heavy atom. The third-order valence-corrected chi connectivity index (χ3v) is 3.62. The van der Waals surface area contributed by atoms with Gasteiger partial charge in [0, 0.05) is 0 Å². The van der Waals surface area contributed by atoms with Crippen LogP contribution >= 0.6 is 0 Å². The van der Waals surface area contributed by atoms with Crippen LogP contribution in [0.15, 0.2) is 24.3 Å². The SMILES string of the molecule is COc1ccccc1CC(C)C1CC1C(=O)O. The molecule has 1 N–H and O–H groups in total. The van der Waals surface area contributed by atoms with Crippen LogP contribution in [0.1, 0.15) is 18.9 Å². The molecule has 17 heavy (non-hydrogen) atoms. The van der Waals surface area contributed by atoms with Crippen molar-refractivity contribution < 1.29 is 14.6 Å². The molecule has 0 bridgehead atoms. The van der Waals surface area contributed by atoms with Gasteiger partial charge in [0.2, 0.25) is 0 Å². The van der Waals surface area contributed by atoms with Gasteiger partial charge >= 0.3 is 5.97 Å². The number of carboxylic acid groups (broad SMARTS) is 1. The highest BCUT2D eigenvalue weighted by atomic mass is 16.5. The van der Waals surface area contributed by atoms with Crippen molar-refractivity contribution in [3.05, 3.63) is 29.8 Å². The zero-order chi connectivity index (χ0) is 12.4. The quantitative estimate of drug-likeness (QED) is 0.851. The summed E-state index contributed by atoms with van der Waals surface area (Å²) in [6.07, 6.45) is 1.71. The van der Waals surface area contributed by atoms with E-state index in [2.05, 4.69) is 6.92 Å². The number of para-hydroxylation sites is 1. The highest BCUT2D eigenvalue weighted by Gasteiger charge is 2.46. The molecular weight excluding hydrogens is 216 g/mol.